The number of nitrogens with zero attached hydrogens (tertiary/aromatic N) is 1. The Morgan fingerprint density at radius 1 is 0.926 bits per heavy atom. The van der Waals surface area contributed by atoms with Gasteiger partial charge in [-0.05, 0) is 60.5 Å². The van der Waals surface area contributed by atoms with E-state index in [2.05, 4.69) is 11.9 Å². The van der Waals surface area contributed by atoms with E-state index in [0.717, 1.165) is 30.0 Å². The molecule has 27 heavy (non-hydrogen) atoms. The SMILES string of the molecule is CCCCCCCCCOc1ccc(C=Nc2ccc(C(=O)O)cc2)cc1. The molecule has 0 saturated heterocycles. The number of hydrogen-bond donors (Lipinski definition) is 1. The van der Waals surface area contributed by atoms with Gasteiger partial charge in [-0.1, -0.05) is 45.4 Å². The maximum Gasteiger partial charge on any atom is 0.335 e. The van der Waals surface area contributed by atoms with Crippen LogP contribution in [0.5, 0.6) is 5.75 Å². The average molecular weight is 367 g/mol. The van der Waals surface area contributed by atoms with E-state index < -0.39 is 5.97 Å². The van der Waals surface area contributed by atoms with E-state index in [1.54, 1.807) is 30.5 Å². The van der Waals surface area contributed by atoms with Gasteiger partial charge >= 0.3 is 5.97 Å². The molecule has 1 N–H and O–H groups in total. The van der Waals surface area contributed by atoms with E-state index in [1.165, 1.54) is 38.5 Å². The summed E-state index contributed by atoms with van der Waals surface area (Å²) in [6.45, 7) is 3.00. The minimum atomic E-state index is -0.933. The van der Waals surface area contributed by atoms with Crippen LogP contribution in [-0.4, -0.2) is 23.9 Å². The first kappa shape index (κ1) is 20.7. The van der Waals surface area contributed by atoms with Crippen LogP contribution in [0.25, 0.3) is 0 Å². The fraction of sp³-hybridized carbons (Fsp3) is 0.391. The lowest BCUT2D eigenvalue weighted by atomic mass is 10.1. The van der Waals surface area contributed by atoms with Crippen LogP contribution in [0.4, 0.5) is 5.69 Å². The van der Waals surface area contributed by atoms with E-state index in [0.29, 0.717) is 0 Å². The van der Waals surface area contributed by atoms with Crippen LogP contribution < -0.4 is 4.74 Å². The lowest BCUT2D eigenvalue weighted by molar-refractivity contribution is 0.0697. The highest BCUT2D eigenvalue weighted by Crippen LogP contribution is 2.15. The molecule has 0 aromatic heterocycles. The summed E-state index contributed by atoms with van der Waals surface area (Å²) in [6, 6.07) is 14.3. The van der Waals surface area contributed by atoms with Gasteiger partial charge in [0.15, 0.2) is 0 Å². The second kappa shape index (κ2) is 11.9. The Morgan fingerprint density at radius 2 is 1.56 bits per heavy atom. The van der Waals surface area contributed by atoms with Gasteiger partial charge in [-0.25, -0.2) is 4.79 Å². The molecule has 0 heterocycles. The van der Waals surface area contributed by atoms with Crippen molar-refractivity contribution in [2.75, 3.05) is 6.61 Å². The molecule has 0 aliphatic heterocycles. The zero-order valence-corrected chi connectivity index (χ0v) is 16.1. The first-order valence-electron chi connectivity index (χ1n) is 9.79. The van der Waals surface area contributed by atoms with Crippen LogP contribution >= 0.6 is 0 Å². The number of unbranched alkanes of at least 4 members (excludes halogenated alkanes) is 6. The molecule has 0 aliphatic carbocycles. The summed E-state index contributed by atoms with van der Waals surface area (Å²) in [6.07, 6.45) is 10.7. The largest absolute Gasteiger partial charge is 0.494 e. The molecular formula is C23H29NO3. The molecule has 144 valence electrons. The number of carboxylic acid groups (broad SMARTS) is 1. The molecule has 2 aromatic rings. The number of carboxylic acids is 1. The molecular weight excluding hydrogens is 338 g/mol. The molecule has 0 spiro atoms. The van der Waals surface area contributed by atoms with Gasteiger partial charge in [0.2, 0.25) is 0 Å². The van der Waals surface area contributed by atoms with Crippen molar-refractivity contribution >= 4 is 17.9 Å². The fourth-order valence-electron chi connectivity index (χ4n) is 2.74. The maximum atomic E-state index is 10.8. The van der Waals surface area contributed by atoms with Crippen molar-refractivity contribution in [2.45, 2.75) is 51.9 Å². The highest BCUT2D eigenvalue weighted by atomic mass is 16.5. The van der Waals surface area contributed by atoms with E-state index >= 15 is 0 Å². The smallest absolute Gasteiger partial charge is 0.335 e. The van der Waals surface area contributed by atoms with Crippen LogP contribution in [0.15, 0.2) is 53.5 Å². The maximum absolute atomic E-state index is 10.8. The third-order valence-corrected chi connectivity index (χ3v) is 4.37. The molecule has 0 atom stereocenters. The van der Waals surface area contributed by atoms with Crippen LogP contribution in [0.2, 0.25) is 0 Å². The number of aliphatic imine (C=N–C) groups is 1. The van der Waals surface area contributed by atoms with Crippen molar-refractivity contribution in [3.05, 3.63) is 59.7 Å². The molecule has 0 saturated carbocycles. The van der Waals surface area contributed by atoms with E-state index in [9.17, 15) is 4.79 Å². The Bertz CT molecular complexity index is 705. The van der Waals surface area contributed by atoms with Crippen LogP contribution in [0, 0.1) is 0 Å². The van der Waals surface area contributed by atoms with E-state index in [4.69, 9.17) is 9.84 Å². The summed E-state index contributed by atoms with van der Waals surface area (Å²) in [4.78, 5) is 15.2. The van der Waals surface area contributed by atoms with Crippen molar-refractivity contribution in [1.29, 1.82) is 0 Å². The van der Waals surface area contributed by atoms with E-state index in [1.807, 2.05) is 24.3 Å². The summed E-state index contributed by atoms with van der Waals surface area (Å²) in [5.74, 6) is -0.0541. The average Bonchev–Trinajstić information content (AvgIpc) is 2.69. The van der Waals surface area contributed by atoms with Crippen LogP contribution in [0.3, 0.4) is 0 Å². The topological polar surface area (TPSA) is 58.9 Å². The van der Waals surface area contributed by atoms with Crippen molar-refractivity contribution in [1.82, 2.24) is 0 Å². The Labute approximate surface area is 161 Å². The molecule has 0 aliphatic rings. The van der Waals surface area contributed by atoms with Crippen LogP contribution in [-0.2, 0) is 0 Å². The minimum Gasteiger partial charge on any atom is -0.494 e. The Hall–Kier alpha value is -2.62. The lowest BCUT2D eigenvalue weighted by Gasteiger charge is -2.06. The van der Waals surface area contributed by atoms with Gasteiger partial charge in [0.05, 0.1) is 17.9 Å². The summed E-state index contributed by atoms with van der Waals surface area (Å²) >= 11 is 0. The Morgan fingerprint density at radius 3 is 2.19 bits per heavy atom. The van der Waals surface area contributed by atoms with Gasteiger partial charge in [-0.15, -0.1) is 0 Å². The normalized spacial score (nSPS) is 11.0. The van der Waals surface area contributed by atoms with Crippen molar-refractivity contribution in [3.63, 3.8) is 0 Å². The predicted octanol–water partition coefficient (Wildman–Crippen LogP) is 6.26. The first-order chi connectivity index (χ1) is 13.2. The Kier molecular flexibility index (Phi) is 9.11. The van der Waals surface area contributed by atoms with Gasteiger partial charge < -0.3 is 9.84 Å². The molecule has 4 heteroatoms. The molecule has 0 radical (unpaired) electrons. The zero-order chi connectivity index (χ0) is 19.3. The van der Waals surface area contributed by atoms with Gasteiger partial charge in [0.1, 0.15) is 5.75 Å². The molecule has 2 rings (SSSR count). The third-order valence-electron chi connectivity index (χ3n) is 4.37. The number of carbonyl (C=O) groups is 1. The van der Waals surface area contributed by atoms with Gasteiger partial charge in [-0.3, -0.25) is 4.99 Å². The minimum absolute atomic E-state index is 0.261. The summed E-state index contributed by atoms with van der Waals surface area (Å²) in [5, 5.41) is 8.89. The predicted molar refractivity (Wildman–Crippen MR) is 111 cm³/mol. The van der Waals surface area contributed by atoms with Gasteiger partial charge in [0.25, 0.3) is 0 Å². The number of ether oxygens (including phenoxy) is 1. The molecule has 2 aromatic carbocycles. The first-order valence-corrected chi connectivity index (χ1v) is 9.79. The summed E-state index contributed by atoms with van der Waals surface area (Å²) in [5.41, 5.74) is 1.95. The molecule has 0 amide bonds. The zero-order valence-electron chi connectivity index (χ0n) is 16.1. The van der Waals surface area contributed by atoms with Crippen molar-refractivity contribution < 1.29 is 14.6 Å². The summed E-state index contributed by atoms with van der Waals surface area (Å²) < 4.78 is 5.79. The quantitative estimate of drug-likeness (QED) is 0.355. The highest BCUT2D eigenvalue weighted by molar-refractivity contribution is 5.88. The second-order valence-electron chi connectivity index (χ2n) is 6.65. The van der Waals surface area contributed by atoms with Gasteiger partial charge in [-0.2, -0.15) is 0 Å². The molecule has 4 nitrogen and oxygen atoms in total. The number of benzene rings is 2. The van der Waals surface area contributed by atoms with E-state index in [-0.39, 0.29) is 5.56 Å². The second-order valence-corrected chi connectivity index (χ2v) is 6.65. The number of aromatic carboxylic acids is 1. The molecule has 0 unspecified atom stereocenters. The number of hydrogen-bond acceptors (Lipinski definition) is 3. The highest BCUT2D eigenvalue weighted by Gasteiger charge is 2.00. The summed E-state index contributed by atoms with van der Waals surface area (Å²) in [7, 11) is 0. The fourth-order valence-corrected chi connectivity index (χ4v) is 2.74. The third kappa shape index (κ3) is 8.07. The standard InChI is InChI=1S/C23H29NO3/c1-2-3-4-5-6-7-8-17-27-22-15-9-19(10-16-22)18-24-21-13-11-20(12-14-21)23(25)26/h9-16,18H,2-8,17H2,1H3,(H,25,26). The monoisotopic (exact) mass is 367 g/mol. The van der Waals surface area contributed by atoms with Gasteiger partial charge in [0, 0.05) is 6.21 Å². The van der Waals surface area contributed by atoms with Crippen molar-refractivity contribution in [3.8, 4) is 5.75 Å². The lowest BCUT2D eigenvalue weighted by Crippen LogP contribution is -1.97. The Balaban J connectivity index is 1.70. The molecule has 0 fully saturated rings. The molecule has 0 bridgehead atoms. The van der Waals surface area contributed by atoms with Crippen LogP contribution in [0.1, 0.15) is 67.8 Å². The van der Waals surface area contributed by atoms with Crippen molar-refractivity contribution in [2.24, 2.45) is 4.99 Å². The number of rotatable bonds is 12.